The standard InChI is InChI=1S/C19H34N2/c1-7-16(4)21(6)13-12-20-17(5)19-10-8-18(9-11-19)14-15(2)3/h8-11,15-17,20H,7,12-14H2,1-6H3. The molecule has 2 nitrogen and oxygen atoms in total. The number of likely N-dealkylation sites (N-methyl/N-ethyl adjacent to an activating group) is 1. The van der Waals surface area contributed by atoms with Crippen LogP contribution in [0.5, 0.6) is 0 Å². The Hall–Kier alpha value is -0.860. The summed E-state index contributed by atoms with van der Waals surface area (Å²) in [7, 11) is 2.21. The van der Waals surface area contributed by atoms with Crippen LogP contribution in [0, 0.1) is 5.92 Å². The molecule has 2 atom stereocenters. The Kier molecular flexibility index (Phi) is 7.98. The minimum atomic E-state index is 0.420. The monoisotopic (exact) mass is 290 g/mol. The maximum Gasteiger partial charge on any atom is 0.0292 e. The Balaban J connectivity index is 2.39. The second kappa shape index (κ2) is 9.22. The normalized spacial score (nSPS) is 14.7. The number of hydrogen-bond acceptors (Lipinski definition) is 2. The first kappa shape index (κ1) is 18.2. The lowest BCUT2D eigenvalue weighted by Crippen LogP contribution is -2.35. The van der Waals surface area contributed by atoms with Crippen LogP contribution in [0.1, 0.15) is 58.2 Å². The van der Waals surface area contributed by atoms with Crippen LogP contribution in [0.2, 0.25) is 0 Å². The van der Waals surface area contributed by atoms with Crippen LogP contribution in [-0.4, -0.2) is 31.1 Å². The van der Waals surface area contributed by atoms with Crippen LogP contribution in [-0.2, 0) is 6.42 Å². The van der Waals surface area contributed by atoms with Gasteiger partial charge in [0.1, 0.15) is 0 Å². The highest BCUT2D eigenvalue weighted by atomic mass is 15.1. The average molecular weight is 290 g/mol. The van der Waals surface area contributed by atoms with Gasteiger partial charge in [0, 0.05) is 25.2 Å². The van der Waals surface area contributed by atoms with Gasteiger partial charge in [0.2, 0.25) is 0 Å². The van der Waals surface area contributed by atoms with Gasteiger partial charge in [0.15, 0.2) is 0 Å². The Morgan fingerprint density at radius 3 is 2.19 bits per heavy atom. The first-order chi connectivity index (χ1) is 9.93. The van der Waals surface area contributed by atoms with Gasteiger partial charge in [0.05, 0.1) is 0 Å². The van der Waals surface area contributed by atoms with Crippen LogP contribution in [0.3, 0.4) is 0 Å². The van der Waals surface area contributed by atoms with Crippen molar-refractivity contribution in [3.05, 3.63) is 35.4 Å². The van der Waals surface area contributed by atoms with E-state index in [1.807, 2.05) is 0 Å². The number of rotatable bonds is 9. The first-order valence-corrected chi connectivity index (χ1v) is 8.46. The molecule has 2 heteroatoms. The molecule has 0 bridgehead atoms. The maximum absolute atomic E-state index is 3.63. The molecule has 2 unspecified atom stereocenters. The summed E-state index contributed by atoms with van der Waals surface area (Å²) in [6, 6.07) is 10.2. The average Bonchev–Trinajstić information content (AvgIpc) is 2.46. The fourth-order valence-corrected chi connectivity index (χ4v) is 2.52. The van der Waals surface area contributed by atoms with Gasteiger partial charge < -0.3 is 10.2 Å². The lowest BCUT2D eigenvalue weighted by Gasteiger charge is -2.24. The van der Waals surface area contributed by atoms with E-state index in [1.54, 1.807) is 0 Å². The smallest absolute Gasteiger partial charge is 0.0292 e. The molecule has 1 aromatic rings. The summed E-state index contributed by atoms with van der Waals surface area (Å²) in [5.74, 6) is 0.725. The van der Waals surface area contributed by atoms with Crippen molar-refractivity contribution in [2.75, 3.05) is 20.1 Å². The van der Waals surface area contributed by atoms with Crippen molar-refractivity contribution >= 4 is 0 Å². The highest BCUT2D eigenvalue weighted by molar-refractivity contribution is 5.25. The van der Waals surface area contributed by atoms with E-state index in [1.165, 1.54) is 24.0 Å². The van der Waals surface area contributed by atoms with Crippen LogP contribution in [0.4, 0.5) is 0 Å². The highest BCUT2D eigenvalue weighted by Crippen LogP contribution is 2.15. The summed E-state index contributed by atoms with van der Waals surface area (Å²) in [5.41, 5.74) is 2.83. The molecule has 0 heterocycles. The van der Waals surface area contributed by atoms with Crippen LogP contribution in [0.15, 0.2) is 24.3 Å². The highest BCUT2D eigenvalue weighted by Gasteiger charge is 2.08. The first-order valence-electron chi connectivity index (χ1n) is 8.46. The minimum Gasteiger partial charge on any atom is -0.309 e. The second-order valence-electron chi connectivity index (χ2n) is 6.75. The fourth-order valence-electron chi connectivity index (χ4n) is 2.52. The summed E-state index contributed by atoms with van der Waals surface area (Å²) in [6.07, 6.45) is 2.38. The summed E-state index contributed by atoms with van der Waals surface area (Å²) in [5, 5.41) is 3.63. The molecule has 0 spiro atoms. The van der Waals surface area contributed by atoms with E-state index in [2.05, 4.69) is 76.1 Å². The van der Waals surface area contributed by atoms with Gasteiger partial charge in [-0.25, -0.2) is 0 Å². The molecule has 21 heavy (non-hydrogen) atoms. The molecular weight excluding hydrogens is 256 g/mol. The third-order valence-corrected chi connectivity index (χ3v) is 4.38. The lowest BCUT2D eigenvalue weighted by atomic mass is 10.00. The van der Waals surface area contributed by atoms with Crippen molar-refractivity contribution in [1.29, 1.82) is 0 Å². The predicted octanol–water partition coefficient (Wildman–Crippen LogP) is 4.27. The molecule has 0 aromatic heterocycles. The van der Waals surface area contributed by atoms with E-state index in [-0.39, 0.29) is 0 Å². The molecule has 1 rings (SSSR count). The molecule has 0 aliphatic heterocycles. The molecule has 120 valence electrons. The third-order valence-electron chi connectivity index (χ3n) is 4.38. The molecule has 0 amide bonds. The molecule has 0 saturated heterocycles. The topological polar surface area (TPSA) is 15.3 Å². The van der Waals surface area contributed by atoms with E-state index >= 15 is 0 Å². The molecule has 1 N–H and O–H groups in total. The van der Waals surface area contributed by atoms with Crippen LogP contribution < -0.4 is 5.32 Å². The molecule has 0 aliphatic carbocycles. The Labute approximate surface area is 131 Å². The number of benzene rings is 1. The summed E-state index contributed by atoms with van der Waals surface area (Å²) in [4.78, 5) is 2.42. The van der Waals surface area contributed by atoms with Gasteiger partial charge in [0.25, 0.3) is 0 Å². The van der Waals surface area contributed by atoms with E-state index < -0.39 is 0 Å². The van der Waals surface area contributed by atoms with Gasteiger partial charge in [-0.15, -0.1) is 0 Å². The van der Waals surface area contributed by atoms with Gasteiger partial charge in [-0.1, -0.05) is 45.0 Å². The third kappa shape index (κ3) is 6.62. The summed E-state index contributed by atoms with van der Waals surface area (Å²) in [6.45, 7) is 13.5. The lowest BCUT2D eigenvalue weighted by molar-refractivity contribution is 0.249. The molecule has 0 fully saturated rings. The number of nitrogens with zero attached hydrogens (tertiary/aromatic N) is 1. The summed E-state index contributed by atoms with van der Waals surface area (Å²) < 4.78 is 0. The fraction of sp³-hybridized carbons (Fsp3) is 0.684. The van der Waals surface area contributed by atoms with Crippen molar-refractivity contribution < 1.29 is 0 Å². The van der Waals surface area contributed by atoms with Gasteiger partial charge in [-0.3, -0.25) is 0 Å². The van der Waals surface area contributed by atoms with Crippen molar-refractivity contribution in [1.82, 2.24) is 10.2 Å². The van der Waals surface area contributed by atoms with Gasteiger partial charge in [-0.05, 0) is 50.8 Å². The quantitative estimate of drug-likeness (QED) is 0.731. The molecule has 0 aliphatic rings. The molecule has 1 aromatic carbocycles. The minimum absolute atomic E-state index is 0.420. The van der Waals surface area contributed by atoms with Crippen LogP contribution in [0.25, 0.3) is 0 Å². The van der Waals surface area contributed by atoms with Crippen molar-refractivity contribution in [2.45, 2.75) is 59.5 Å². The predicted molar refractivity (Wildman–Crippen MR) is 93.8 cm³/mol. The zero-order chi connectivity index (χ0) is 15.8. The molecule has 0 radical (unpaired) electrons. The van der Waals surface area contributed by atoms with Gasteiger partial charge >= 0.3 is 0 Å². The molecular formula is C19H34N2. The maximum atomic E-state index is 3.63. The Morgan fingerprint density at radius 2 is 1.67 bits per heavy atom. The zero-order valence-electron chi connectivity index (χ0n) is 14.8. The zero-order valence-corrected chi connectivity index (χ0v) is 14.8. The van der Waals surface area contributed by atoms with Crippen molar-refractivity contribution in [3.63, 3.8) is 0 Å². The second-order valence-corrected chi connectivity index (χ2v) is 6.75. The van der Waals surface area contributed by atoms with Gasteiger partial charge in [-0.2, -0.15) is 0 Å². The number of hydrogen-bond donors (Lipinski definition) is 1. The molecule has 0 saturated carbocycles. The summed E-state index contributed by atoms with van der Waals surface area (Å²) >= 11 is 0. The van der Waals surface area contributed by atoms with E-state index in [9.17, 15) is 0 Å². The van der Waals surface area contributed by atoms with Crippen LogP contribution >= 0.6 is 0 Å². The largest absolute Gasteiger partial charge is 0.309 e. The van der Waals surface area contributed by atoms with E-state index in [0.717, 1.165) is 19.0 Å². The van der Waals surface area contributed by atoms with E-state index in [4.69, 9.17) is 0 Å². The Bertz CT molecular complexity index is 383. The SMILES string of the molecule is CCC(C)N(C)CCNC(C)c1ccc(CC(C)C)cc1. The van der Waals surface area contributed by atoms with Crippen molar-refractivity contribution in [3.8, 4) is 0 Å². The van der Waals surface area contributed by atoms with E-state index in [0.29, 0.717) is 12.1 Å². The Morgan fingerprint density at radius 1 is 1.05 bits per heavy atom. The van der Waals surface area contributed by atoms with Crippen molar-refractivity contribution in [2.24, 2.45) is 5.92 Å². The number of nitrogens with one attached hydrogen (secondary N) is 1.